The Labute approximate surface area is 163 Å². The van der Waals surface area contributed by atoms with Crippen LogP contribution >= 0.6 is 0 Å². The van der Waals surface area contributed by atoms with E-state index < -0.39 is 24.0 Å². The van der Waals surface area contributed by atoms with Gasteiger partial charge in [0.25, 0.3) is 5.91 Å². The van der Waals surface area contributed by atoms with Crippen LogP contribution in [0.4, 0.5) is 0 Å². The summed E-state index contributed by atoms with van der Waals surface area (Å²) in [5.74, 6) is -1.22. The summed E-state index contributed by atoms with van der Waals surface area (Å²) in [6.45, 7) is 0.743. The SMILES string of the molecule is CN/C=C(\C=N)COC1=C/C(=C(/NC)C(=O)NC(C)(CO)C(N)=O)C(=N)C=C1. The highest BCUT2D eigenvalue weighted by Gasteiger charge is 2.33. The maximum absolute atomic E-state index is 12.6. The van der Waals surface area contributed by atoms with Gasteiger partial charge in [0.05, 0.1) is 12.3 Å². The number of likely N-dealkylation sites (N-methyl/N-ethyl adjacent to an activating group) is 1. The molecule has 0 aromatic rings. The van der Waals surface area contributed by atoms with Crippen molar-refractivity contribution in [2.24, 2.45) is 5.73 Å². The molecule has 10 heteroatoms. The van der Waals surface area contributed by atoms with E-state index in [0.29, 0.717) is 11.3 Å². The summed E-state index contributed by atoms with van der Waals surface area (Å²) in [7, 11) is 3.20. The second kappa shape index (κ2) is 10.1. The lowest BCUT2D eigenvalue weighted by Gasteiger charge is -2.26. The standard InChI is InChI=1S/C18H26N6O4/c1-18(10-25,17(21)27)24-16(26)15(23-3)13-6-12(4-5-14(13)20)28-9-11(7-19)8-22-2/h4-8,19-20,22-23,25H,9-10H2,1-3H3,(H2,21,27)(H,24,26)/b11-8+,15-13-,19-7?,20-14?. The van der Waals surface area contributed by atoms with Crippen molar-refractivity contribution < 1.29 is 19.4 Å². The van der Waals surface area contributed by atoms with E-state index in [1.807, 2.05) is 0 Å². The minimum absolute atomic E-state index is 0.00872. The first-order valence-electron chi connectivity index (χ1n) is 8.36. The first-order valence-corrected chi connectivity index (χ1v) is 8.36. The van der Waals surface area contributed by atoms with Crippen molar-refractivity contribution in [3.05, 3.63) is 47.0 Å². The topological polar surface area (TPSA) is 173 Å². The van der Waals surface area contributed by atoms with Crippen LogP contribution in [-0.2, 0) is 14.3 Å². The van der Waals surface area contributed by atoms with Crippen LogP contribution in [0.1, 0.15) is 6.92 Å². The van der Waals surface area contributed by atoms with Gasteiger partial charge >= 0.3 is 0 Å². The second-order valence-corrected chi connectivity index (χ2v) is 6.08. The molecule has 1 unspecified atom stereocenters. The fourth-order valence-corrected chi connectivity index (χ4v) is 2.16. The van der Waals surface area contributed by atoms with Gasteiger partial charge in [0.15, 0.2) is 0 Å². The first-order chi connectivity index (χ1) is 13.2. The molecule has 0 spiro atoms. The first kappa shape index (κ1) is 22.6. The maximum atomic E-state index is 12.6. The van der Waals surface area contributed by atoms with Crippen molar-refractivity contribution in [1.29, 1.82) is 10.8 Å². The summed E-state index contributed by atoms with van der Waals surface area (Å²) in [6.07, 6.45) is 7.29. The molecule has 152 valence electrons. The Kier molecular flexibility index (Phi) is 8.14. The van der Waals surface area contributed by atoms with E-state index in [1.165, 1.54) is 26.1 Å². The molecule has 0 radical (unpaired) electrons. The molecular weight excluding hydrogens is 364 g/mol. The third kappa shape index (κ3) is 5.55. The molecule has 1 atom stereocenters. The van der Waals surface area contributed by atoms with E-state index in [9.17, 15) is 14.7 Å². The van der Waals surface area contributed by atoms with Gasteiger partial charge in [-0.1, -0.05) is 0 Å². The predicted molar refractivity (Wildman–Crippen MR) is 106 cm³/mol. The number of primary amides is 1. The number of aliphatic hydroxyl groups is 1. The summed E-state index contributed by atoms with van der Waals surface area (Å²) in [5, 5.41) is 32.7. The highest BCUT2D eigenvalue weighted by Crippen LogP contribution is 2.18. The molecule has 2 amide bonds. The quantitative estimate of drug-likeness (QED) is 0.187. The molecule has 0 saturated heterocycles. The van der Waals surface area contributed by atoms with E-state index in [2.05, 4.69) is 16.0 Å². The van der Waals surface area contributed by atoms with Crippen LogP contribution in [-0.4, -0.2) is 61.7 Å². The average Bonchev–Trinajstić information content (AvgIpc) is 2.67. The molecule has 1 aliphatic rings. The zero-order chi connectivity index (χ0) is 21.3. The van der Waals surface area contributed by atoms with E-state index in [1.54, 1.807) is 19.3 Å². The zero-order valence-electron chi connectivity index (χ0n) is 16.1. The minimum atomic E-state index is -1.65. The van der Waals surface area contributed by atoms with Crippen LogP contribution < -0.4 is 21.7 Å². The Bertz CT molecular complexity index is 781. The van der Waals surface area contributed by atoms with Crippen molar-refractivity contribution in [2.75, 3.05) is 27.3 Å². The number of ether oxygens (including phenoxy) is 1. The van der Waals surface area contributed by atoms with E-state index in [4.69, 9.17) is 21.3 Å². The normalized spacial score (nSPS) is 17.8. The van der Waals surface area contributed by atoms with Gasteiger partial charge in [-0.2, -0.15) is 0 Å². The van der Waals surface area contributed by atoms with Crippen molar-refractivity contribution in [1.82, 2.24) is 16.0 Å². The van der Waals surface area contributed by atoms with Gasteiger partial charge in [-0.25, -0.2) is 0 Å². The third-order valence-corrected chi connectivity index (χ3v) is 3.91. The van der Waals surface area contributed by atoms with Gasteiger partial charge in [0, 0.05) is 37.7 Å². The number of hydrogen-bond acceptors (Lipinski definition) is 8. The second-order valence-electron chi connectivity index (χ2n) is 6.08. The largest absolute Gasteiger partial charge is 0.489 e. The number of aliphatic hydroxyl groups excluding tert-OH is 1. The molecule has 0 aromatic carbocycles. The summed E-state index contributed by atoms with van der Waals surface area (Å²) in [5.41, 5.74) is 4.48. The molecule has 8 N–H and O–H groups in total. The van der Waals surface area contributed by atoms with Gasteiger partial charge in [-0.05, 0) is 25.2 Å². The van der Waals surface area contributed by atoms with Crippen LogP contribution in [0, 0.1) is 10.8 Å². The lowest BCUT2D eigenvalue weighted by Crippen LogP contribution is -2.58. The molecule has 1 aliphatic carbocycles. The molecule has 0 heterocycles. The molecule has 0 aromatic heterocycles. The van der Waals surface area contributed by atoms with Crippen molar-refractivity contribution >= 4 is 23.7 Å². The predicted octanol–water partition coefficient (Wildman–Crippen LogP) is -0.945. The van der Waals surface area contributed by atoms with Gasteiger partial charge < -0.3 is 42.3 Å². The maximum Gasteiger partial charge on any atom is 0.268 e. The Morgan fingerprint density at radius 1 is 1.36 bits per heavy atom. The van der Waals surface area contributed by atoms with Crippen LogP contribution in [0.15, 0.2) is 47.0 Å². The number of carbonyl (C=O) groups excluding carboxylic acids is 2. The van der Waals surface area contributed by atoms with Gasteiger partial charge in [0.2, 0.25) is 5.91 Å². The molecule has 0 aliphatic heterocycles. The summed E-state index contributed by atoms with van der Waals surface area (Å²) in [4.78, 5) is 24.1. The van der Waals surface area contributed by atoms with Gasteiger partial charge in [0.1, 0.15) is 23.6 Å². The lowest BCUT2D eigenvalue weighted by molar-refractivity contribution is -0.131. The summed E-state index contributed by atoms with van der Waals surface area (Å²) in [6, 6.07) is 0. The van der Waals surface area contributed by atoms with Crippen molar-refractivity contribution in [2.45, 2.75) is 12.5 Å². The Morgan fingerprint density at radius 3 is 2.54 bits per heavy atom. The average molecular weight is 390 g/mol. The Morgan fingerprint density at radius 2 is 2.04 bits per heavy atom. The number of nitrogens with one attached hydrogen (secondary N) is 5. The monoisotopic (exact) mass is 390 g/mol. The highest BCUT2D eigenvalue weighted by molar-refractivity contribution is 6.15. The number of rotatable bonds is 10. The fourth-order valence-electron chi connectivity index (χ4n) is 2.16. The number of amides is 2. The molecule has 10 nitrogen and oxygen atoms in total. The zero-order valence-corrected chi connectivity index (χ0v) is 16.1. The molecule has 0 fully saturated rings. The number of allylic oxidation sites excluding steroid dienone is 4. The molecule has 0 bridgehead atoms. The van der Waals surface area contributed by atoms with Crippen LogP contribution in [0.3, 0.4) is 0 Å². The fraction of sp³-hybridized carbons (Fsp3) is 0.333. The van der Waals surface area contributed by atoms with Crippen molar-refractivity contribution in [3.63, 3.8) is 0 Å². The summed E-state index contributed by atoms with van der Waals surface area (Å²) >= 11 is 0. The third-order valence-electron chi connectivity index (χ3n) is 3.91. The Hall–Kier alpha value is -3.40. The van der Waals surface area contributed by atoms with Gasteiger partial charge in [-0.15, -0.1) is 0 Å². The minimum Gasteiger partial charge on any atom is -0.489 e. The van der Waals surface area contributed by atoms with Crippen molar-refractivity contribution in [3.8, 4) is 0 Å². The lowest BCUT2D eigenvalue weighted by atomic mass is 9.99. The van der Waals surface area contributed by atoms with E-state index in [-0.39, 0.29) is 23.6 Å². The summed E-state index contributed by atoms with van der Waals surface area (Å²) < 4.78 is 5.61. The molecule has 0 saturated carbocycles. The Balaban J connectivity index is 3.15. The highest BCUT2D eigenvalue weighted by atomic mass is 16.5. The van der Waals surface area contributed by atoms with Crippen LogP contribution in [0.5, 0.6) is 0 Å². The van der Waals surface area contributed by atoms with Crippen LogP contribution in [0.2, 0.25) is 0 Å². The van der Waals surface area contributed by atoms with Crippen LogP contribution in [0.25, 0.3) is 0 Å². The van der Waals surface area contributed by atoms with E-state index in [0.717, 1.165) is 6.21 Å². The number of hydrogen-bond donors (Lipinski definition) is 7. The number of nitrogens with two attached hydrogens (primary N) is 1. The molecular formula is C18H26N6O4. The van der Waals surface area contributed by atoms with Gasteiger partial charge in [-0.3, -0.25) is 9.59 Å². The van der Waals surface area contributed by atoms with E-state index >= 15 is 0 Å². The molecule has 28 heavy (non-hydrogen) atoms. The molecule has 1 rings (SSSR count). The smallest absolute Gasteiger partial charge is 0.268 e. The number of carbonyl (C=O) groups is 2.